The summed E-state index contributed by atoms with van der Waals surface area (Å²) in [6, 6.07) is 19.2. The fourth-order valence-electron chi connectivity index (χ4n) is 2.85. The van der Waals surface area contributed by atoms with Gasteiger partial charge in [0.1, 0.15) is 13.2 Å². The Balaban J connectivity index is 1.52. The molecule has 0 fully saturated rings. The molecule has 0 spiro atoms. The summed E-state index contributed by atoms with van der Waals surface area (Å²) < 4.78 is 36.2. The highest BCUT2D eigenvalue weighted by molar-refractivity contribution is 7.91. The zero-order valence-electron chi connectivity index (χ0n) is 14.8. The third-order valence-corrected chi connectivity index (χ3v) is 6.07. The molecule has 0 unspecified atom stereocenters. The maximum atomic E-state index is 12.6. The van der Waals surface area contributed by atoms with Crippen molar-refractivity contribution in [2.24, 2.45) is 0 Å². The Bertz CT molecular complexity index is 1110. The Hall–Kier alpha value is -3.32. The van der Waals surface area contributed by atoms with E-state index < -0.39 is 9.84 Å². The van der Waals surface area contributed by atoms with Gasteiger partial charge in [-0.1, -0.05) is 18.2 Å². The molecule has 3 aromatic rings. The Morgan fingerprint density at radius 2 is 1.43 bits per heavy atom. The molecule has 7 heteroatoms. The van der Waals surface area contributed by atoms with Crippen LogP contribution in [0.4, 0.5) is 5.69 Å². The standard InChI is InChI=1S/C21H17NO5S/c23-21(22-16-8-11-19-20(14-16)27-13-12-26-19)15-6-9-18(10-7-15)28(24,25)17-4-2-1-3-5-17/h1-11,14H,12-13H2,(H,22,23). The number of benzene rings is 3. The SMILES string of the molecule is O=C(Nc1ccc2c(c1)OCCO2)c1ccc(S(=O)(=O)c2ccccc2)cc1. The summed E-state index contributed by atoms with van der Waals surface area (Å²) in [6.07, 6.45) is 0. The Kier molecular flexibility index (Phi) is 4.75. The first-order valence-electron chi connectivity index (χ1n) is 8.65. The number of carbonyl (C=O) groups excluding carboxylic acids is 1. The van der Waals surface area contributed by atoms with Gasteiger partial charge in [-0.25, -0.2) is 8.42 Å². The van der Waals surface area contributed by atoms with Crippen LogP contribution in [0.5, 0.6) is 11.5 Å². The zero-order valence-corrected chi connectivity index (χ0v) is 15.6. The highest BCUT2D eigenvalue weighted by Gasteiger charge is 2.18. The van der Waals surface area contributed by atoms with E-state index in [4.69, 9.17) is 9.47 Å². The van der Waals surface area contributed by atoms with Crippen LogP contribution in [0, 0.1) is 0 Å². The molecule has 1 heterocycles. The minimum atomic E-state index is -3.61. The van der Waals surface area contributed by atoms with E-state index in [1.54, 1.807) is 36.4 Å². The van der Waals surface area contributed by atoms with E-state index in [9.17, 15) is 13.2 Å². The van der Waals surface area contributed by atoms with Crippen molar-refractivity contribution >= 4 is 21.4 Å². The van der Waals surface area contributed by atoms with Crippen LogP contribution in [-0.2, 0) is 9.84 Å². The molecule has 6 nitrogen and oxygen atoms in total. The second-order valence-electron chi connectivity index (χ2n) is 6.15. The quantitative estimate of drug-likeness (QED) is 0.731. The van der Waals surface area contributed by atoms with Gasteiger partial charge in [0.25, 0.3) is 5.91 Å². The van der Waals surface area contributed by atoms with Crippen LogP contribution in [0.25, 0.3) is 0 Å². The van der Waals surface area contributed by atoms with E-state index in [0.29, 0.717) is 36.0 Å². The maximum Gasteiger partial charge on any atom is 0.255 e. The monoisotopic (exact) mass is 395 g/mol. The molecule has 3 aromatic carbocycles. The Morgan fingerprint density at radius 1 is 0.786 bits per heavy atom. The molecule has 0 saturated heterocycles. The first kappa shape index (κ1) is 18.1. The molecule has 0 radical (unpaired) electrons. The minimum absolute atomic E-state index is 0.134. The number of fused-ring (bicyclic) bond motifs is 1. The van der Waals surface area contributed by atoms with Gasteiger partial charge in [-0.3, -0.25) is 4.79 Å². The zero-order chi connectivity index (χ0) is 19.6. The maximum absolute atomic E-state index is 12.6. The van der Waals surface area contributed by atoms with Crippen molar-refractivity contribution in [3.05, 3.63) is 78.4 Å². The predicted octanol–water partition coefficient (Wildman–Crippen LogP) is 3.54. The smallest absolute Gasteiger partial charge is 0.255 e. The highest BCUT2D eigenvalue weighted by atomic mass is 32.2. The lowest BCUT2D eigenvalue weighted by Crippen LogP contribution is -2.16. The predicted molar refractivity (Wildman–Crippen MR) is 104 cm³/mol. The van der Waals surface area contributed by atoms with Gasteiger partial charge in [-0.2, -0.15) is 0 Å². The molecule has 1 amide bonds. The minimum Gasteiger partial charge on any atom is -0.486 e. The number of hydrogen-bond donors (Lipinski definition) is 1. The summed E-state index contributed by atoms with van der Waals surface area (Å²) in [5, 5.41) is 2.77. The topological polar surface area (TPSA) is 81.7 Å². The first-order chi connectivity index (χ1) is 13.5. The van der Waals surface area contributed by atoms with Gasteiger partial charge in [0.2, 0.25) is 9.84 Å². The Labute approximate surface area is 162 Å². The average Bonchev–Trinajstić information content (AvgIpc) is 2.74. The van der Waals surface area contributed by atoms with Crippen LogP contribution in [0.3, 0.4) is 0 Å². The van der Waals surface area contributed by atoms with Crippen LogP contribution < -0.4 is 14.8 Å². The number of nitrogens with one attached hydrogen (secondary N) is 1. The lowest BCUT2D eigenvalue weighted by molar-refractivity contribution is 0.102. The van der Waals surface area contributed by atoms with E-state index in [-0.39, 0.29) is 15.7 Å². The molecule has 0 aromatic heterocycles. The first-order valence-corrected chi connectivity index (χ1v) is 10.1. The molecular weight excluding hydrogens is 378 g/mol. The summed E-state index contributed by atoms with van der Waals surface area (Å²) in [4.78, 5) is 12.8. The van der Waals surface area contributed by atoms with Crippen molar-refractivity contribution in [1.82, 2.24) is 0 Å². The fourth-order valence-corrected chi connectivity index (χ4v) is 4.13. The van der Waals surface area contributed by atoms with Gasteiger partial charge >= 0.3 is 0 Å². The number of rotatable bonds is 4. The molecule has 1 aliphatic heterocycles. The van der Waals surface area contributed by atoms with Gasteiger partial charge in [0.15, 0.2) is 11.5 Å². The molecule has 28 heavy (non-hydrogen) atoms. The van der Waals surface area contributed by atoms with Crippen LogP contribution >= 0.6 is 0 Å². The molecular formula is C21H17NO5S. The van der Waals surface area contributed by atoms with Gasteiger partial charge < -0.3 is 14.8 Å². The van der Waals surface area contributed by atoms with Crippen molar-refractivity contribution in [3.63, 3.8) is 0 Å². The van der Waals surface area contributed by atoms with E-state index in [2.05, 4.69) is 5.32 Å². The average molecular weight is 395 g/mol. The van der Waals surface area contributed by atoms with Crippen molar-refractivity contribution in [2.45, 2.75) is 9.79 Å². The summed E-state index contributed by atoms with van der Waals surface area (Å²) in [6.45, 7) is 0.957. The van der Waals surface area contributed by atoms with Crippen molar-refractivity contribution in [3.8, 4) is 11.5 Å². The number of amides is 1. The summed E-state index contributed by atoms with van der Waals surface area (Å²) >= 11 is 0. The normalized spacial score (nSPS) is 13.0. The van der Waals surface area contributed by atoms with Crippen molar-refractivity contribution < 1.29 is 22.7 Å². The van der Waals surface area contributed by atoms with Crippen LogP contribution in [-0.4, -0.2) is 27.5 Å². The van der Waals surface area contributed by atoms with Gasteiger partial charge in [0.05, 0.1) is 9.79 Å². The largest absolute Gasteiger partial charge is 0.486 e. The number of carbonyl (C=O) groups is 1. The lowest BCUT2D eigenvalue weighted by Gasteiger charge is -2.19. The Morgan fingerprint density at radius 3 is 2.14 bits per heavy atom. The third-order valence-electron chi connectivity index (χ3n) is 4.28. The number of anilines is 1. The third kappa shape index (κ3) is 3.57. The second kappa shape index (κ2) is 7.36. The van der Waals surface area contributed by atoms with Crippen LogP contribution in [0.1, 0.15) is 10.4 Å². The van der Waals surface area contributed by atoms with Crippen LogP contribution in [0.15, 0.2) is 82.6 Å². The number of sulfone groups is 1. The molecule has 1 aliphatic rings. The molecule has 142 valence electrons. The fraction of sp³-hybridized carbons (Fsp3) is 0.0952. The molecule has 0 bridgehead atoms. The number of hydrogen-bond acceptors (Lipinski definition) is 5. The van der Waals surface area contributed by atoms with Gasteiger partial charge in [-0.05, 0) is 48.5 Å². The van der Waals surface area contributed by atoms with E-state index in [1.807, 2.05) is 0 Å². The van der Waals surface area contributed by atoms with E-state index >= 15 is 0 Å². The molecule has 0 aliphatic carbocycles. The van der Waals surface area contributed by atoms with Gasteiger partial charge in [-0.15, -0.1) is 0 Å². The highest BCUT2D eigenvalue weighted by Crippen LogP contribution is 2.32. The van der Waals surface area contributed by atoms with Gasteiger partial charge in [0, 0.05) is 17.3 Å². The van der Waals surface area contributed by atoms with E-state index in [0.717, 1.165) is 0 Å². The molecule has 4 rings (SSSR count). The molecule has 0 atom stereocenters. The summed E-state index contributed by atoms with van der Waals surface area (Å²) in [5.74, 6) is 0.869. The van der Waals surface area contributed by atoms with Crippen molar-refractivity contribution in [1.29, 1.82) is 0 Å². The second-order valence-corrected chi connectivity index (χ2v) is 8.10. The van der Waals surface area contributed by atoms with Crippen molar-refractivity contribution in [2.75, 3.05) is 18.5 Å². The molecule has 1 N–H and O–H groups in total. The number of ether oxygens (including phenoxy) is 2. The van der Waals surface area contributed by atoms with Crippen LogP contribution in [0.2, 0.25) is 0 Å². The summed E-state index contributed by atoms with van der Waals surface area (Å²) in [7, 11) is -3.61. The summed E-state index contributed by atoms with van der Waals surface area (Å²) in [5.41, 5.74) is 0.914. The molecule has 0 saturated carbocycles. The van der Waals surface area contributed by atoms with E-state index in [1.165, 1.54) is 36.4 Å². The lowest BCUT2D eigenvalue weighted by atomic mass is 10.2.